The van der Waals surface area contributed by atoms with Crippen LogP contribution in [0.25, 0.3) is 0 Å². The predicted octanol–water partition coefficient (Wildman–Crippen LogP) is 1.30. The van der Waals surface area contributed by atoms with E-state index in [2.05, 4.69) is 21.3 Å². The molecule has 0 radical (unpaired) electrons. The molecule has 294 valence electrons. The number of likely N-dealkylation sites (N-methyl/N-ethyl adjacent to an activating group) is 2. The molecule has 3 aliphatic rings. The first-order valence-electron chi connectivity index (χ1n) is 18.1. The van der Waals surface area contributed by atoms with E-state index in [0.29, 0.717) is 28.6 Å². The van der Waals surface area contributed by atoms with E-state index < -0.39 is 72.0 Å². The Morgan fingerprint density at radius 2 is 1.38 bits per heavy atom. The van der Waals surface area contributed by atoms with Gasteiger partial charge in [0.05, 0.1) is 26.3 Å². The molecule has 0 saturated carbocycles. The van der Waals surface area contributed by atoms with Gasteiger partial charge < -0.3 is 45.5 Å². The number of fused-ring (bicyclic) bond motifs is 2. The summed E-state index contributed by atoms with van der Waals surface area (Å²) < 4.78 is 16.9. The van der Waals surface area contributed by atoms with Gasteiger partial charge in [0.15, 0.2) is 11.5 Å². The van der Waals surface area contributed by atoms with Crippen LogP contribution in [-0.4, -0.2) is 115 Å². The Balaban J connectivity index is 1.54. The van der Waals surface area contributed by atoms with Gasteiger partial charge in [0, 0.05) is 19.9 Å². The number of nitrogens with zero attached hydrogens (tertiary/aromatic N) is 2. The number of carbonyl (C=O) groups is 5. The second-order valence-electron chi connectivity index (χ2n) is 14.1. The van der Waals surface area contributed by atoms with E-state index in [0.717, 1.165) is 11.1 Å². The minimum absolute atomic E-state index is 0.00453. The van der Waals surface area contributed by atoms with Gasteiger partial charge in [-0.3, -0.25) is 28.9 Å². The Morgan fingerprint density at radius 3 is 2.04 bits per heavy atom. The summed E-state index contributed by atoms with van der Waals surface area (Å²) in [4.78, 5) is 72.2. The Kier molecular flexibility index (Phi) is 13.0. The molecule has 3 aromatic rings. The molecular weight excluding hydrogens is 708 g/mol. The smallest absolute Gasteiger partial charge is 0.245 e. The maximum atomic E-state index is 14.3. The van der Waals surface area contributed by atoms with Crippen molar-refractivity contribution in [1.29, 1.82) is 0 Å². The van der Waals surface area contributed by atoms with E-state index >= 15 is 0 Å². The molecular formula is C40H50N6O9. The number of benzene rings is 3. The van der Waals surface area contributed by atoms with Crippen molar-refractivity contribution in [3.8, 4) is 23.0 Å². The zero-order chi connectivity index (χ0) is 40.0. The molecule has 5 N–H and O–H groups in total. The van der Waals surface area contributed by atoms with Crippen molar-refractivity contribution < 1.29 is 43.3 Å². The fourth-order valence-electron chi connectivity index (χ4n) is 6.67. The molecule has 3 aliphatic heterocycles. The summed E-state index contributed by atoms with van der Waals surface area (Å²) in [7, 11) is 6.08. The highest BCUT2D eigenvalue weighted by Crippen LogP contribution is 2.33. The zero-order valence-electron chi connectivity index (χ0n) is 32.1. The second kappa shape index (κ2) is 17.6. The van der Waals surface area contributed by atoms with Gasteiger partial charge in [-0.2, -0.15) is 0 Å². The third-order valence-corrected chi connectivity index (χ3v) is 10.1. The number of hydrogen-bond acceptors (Lipinski definition) is 10. The number of amides is 5. The summed E-state index contributed by atoms with van der Waals surface area (Å²) in [6, 6.07) is 12.9. The van der Waals surface area contributed by atoms with Crippen molar-refractivity contribution in [3.63, 3.8) is 0 Å². The minimum Gasteiger partial charge on any atom is -0.497 e. The molecule has 0 aliphatic carbocycles. The zero-order valence-corrected chi connectivity index (χ0v) is 32.1. The highest BCUT2D eigenvalue weighted by atomic mass is 16.5. The standard InChI is InChI=1S/C40H50N6O9/c1-22-35(47)42-23(2)39(51)45(4)31(19-25-8-13-28(53-6)14-9-25)37(49)43-24(3)40(52)46(5)32-20-26-10-15-29(16-11-26)55-34-21-27(12-17-33(34)54-7)18-30(36(48)41-22)44-38(32)50/h8-17,21-24,30-32,40,52H,18-20H2,1-7H3,(H,41,48)(H,42,47)(H,43,49)(H,44,50)/t22-,23+,24+,30+,31+,32+,40?/m1/s1. The fraction of sp³-hybridized carbons (Fsp3) is 0.425. The van der Waals surface area contributed by atoms with Crippen LogP contribution in [0.4, 0.5) is 0 Å². The van der Waals surface area contributed by atoms with Gasteiger partial charge in [-0.15, -0.1) is 0 Å². The van der Waals surface area contributed by atoms with Crippen LogP contribution in [0.5, 0.6) is 23.0 Å². The molecule has 3 aromatic carbocycles. The van der Waals surface area contributed by atoms with Gasteiger partial charge >= 0.3 is 0 Å². The molecule has 1 unspecified atom stereocenters. The van der Waals surface area contributed by atoms with Gasteiger partial charge in [0.25, 0.3) is 0 Å². The summed E-state index contributed by atoms with van der Waals surface area (Å²) in [6.07, 6.45) is -1.18. The fourth-order valence-corrected chi connectivity index (χ4v) is 6.67. The Labute approximate surface area is 320 Å². The third-order valence-electron chi connectivity index (χ3n) is 10.1. The monoisotopic (exact) mass is 758 g/mol. The van der Waals surface area contributed by atoms with Gasteiger partial charge in [0.2, 0.25) is 29.5 Å². The first kappa shape index (κ1) is 40.5. The molecule has 15 nitrogen and oxygen atoms in total. The van der Waals surface area contributed by atoms with Crippen molar-refractivity contribution >= 4 is 29.5 Å². The van der Waals surface area contributed by atoms with Gasteiger partial charge in [-0.1, -0.05) is 30.3 Å². The molecule has 0 aromatic heterocycles. The summed E-state index contributed by atoms with van der Waals surface area (Å²) >= 11 is 0. The lowest BCUT2D eigenvalue weighted by atomic mass is 9.99. The summed E-state index contributed by atoms with van der Waals surface area (Å²) in [5.74, 6) is -0.988. The van der Waals surface area contributed by atoms with Crippen LogP contribution in [0.1, 0.15) is 37.5 Å². The van der Waals surface area contributed by atoms with Crippen LogP contribution in [-0.2, 0) is 43.2 Å². The van der Waals surface area contributed by atoms with Crippen LogP contribution >= 0.6 is 0 Å². The quantitative estimate of drug-likeness (QED) is 0.260. The SMILES string of the molecule is COc1ccc(C[C@H]2C(=O)N[C@@H](C)C(O)N(C)[C@H]3Cc4ccc(cc4)Oc4cc(ccc4OC)C[C@H](NC3=O)C(=O)N[C@H](C)C(=O)N[C@@H](C)C(=O)N2C)cc1. The van der Waals surface area contributed by atoms with E-state index in [9.17, 15) is 29.1 Å². The van der Waals surface area contributed by atoms with E-state index in [4.69, 9.17) is 14.2 Å². The molecule has 6 rings (SSSR count). The van der Waals surface area contributed by atoms with Crippen molar-refractivity contribution in [2.75, 3.05) is 28.3 Å². The molecule has 3 heterocycles. The number of methoxy groups -OCH3 is 2. The highest BCUT2D eigenvalue weighted by Gasteiger charge is 2.37. The first-order valence-corrected chi connectivity index (χ1v) is 18.1. The number of rotatable bonds is 4. The average Bonchev–Trinajstić information content (AvgIpc) is 3.17. The Hall–Kier alpha value is -5.67. The molecule has 7 atom stereocenters. The largest absolute Gasteiger partial charge is 0.497 e. The van der Waals surface area contributed by atoms with Crippen LogP contribution in [0.2, 0.25) is 0 Å². The molecule has 6 bridgehead atoms. The van der Waals surface area contributed by atoms with E-state index in [1.807, 2.05) is 0 Å². The molecule has 0 spiro atoms. The van der Waals surface area contributed by atoms with E-state index in [1.54, 1.807) is 87.8 Å². The number of ether oxygens (including phenoxy) is 3. The lowest BCUT2D eigenvalue weighted by Gasteiger charge is -2.37. The molecule has 15 heteroatoms. The lowest BCUT2D eigenvalue weighted by molar-refractivity contribution is -0.143. The second-order valence-corrected chi connectivity index (χ2v) is 14.1. The van der Waals surface area contributed by atoms with Crippen LogP contribution in [0.15, 0.2) is 66.7 Å². The van der Waals surface area contributed by atoms with E-state index in [1.165, 1.54) is 37.8 Å². The first-order chi connectivity index (χ1) is 26.2. The van der Waals surface area contributed by atoms with Gasteiger partial charge in [0.1, 0.15) is 41.9 Å². The van der Waals surface area contributed by atoms with E-state index in [-0.39, 0.29) is 19.3 Å². The van der Waals surface area contributed by atoms with Crippen LogP contribution in [0, 0.1) is 0 Å². The number of aliphatic hydroxyl groups excluding tert-OH is 1. The van der Waals surface area contributed by atoms with Crippen LogP contribution in [0.3, 0.4) is 0 Å². The number of hydrogen-bond donors (Lipinski definition) is 5. The minimum atomic E-state index is -1.39. The lowest BCUT2D eigenvalue weighted by Crippen LogP contribution is -2.62. The highest BCUT2D eigenvalue weighted by molar-refractivity contribution is 5.96. The van der Waals surface area contributed by atoms with Crippen molar-refractivity contribution in [2.45, 2.75) is 82.5 Å². The Bertz CT molecular complexity index is 1870. The molecule has 1 saturated heterocycles. The Morgan fingerprint density at radius 1 is 0.727 bits per heavy atom. The molecule has 1 fully saturated rings. The van der Waals surface area contributed by atoms with Crippen molar-refractivity contribution in [3.05, 3.63) is 83.4 Å². The third kappa shape index (κ3) is 9.72. The maximum Gasteiger partial charge on any atom is 0.245 e. The van der Waals surface area contributed by atoms with Crippen LogP contribution < -0.4 is 35.5 Å². The number of nitrogens with one attached hydrogen (secondary N) is 4. The number of aliphatic hydroxyl groups is 1. The van der Waals surface area contributed by atoms with Crippen molar-refractivity contribution in [1.82, 2.24) is 31.1 Å². The van der Waals surface area contributed by atoms with Gasteiger partial charge in [-0.05, 0) is 87.3 Å². The average molecular weight is 759 g/mol. The number of carbonyl (C=O) groups excluding carboxylic acids is 5. The van der Waals surface area contributed by atoms with Gasteiger partial charge in [-0.25, -0.2) is 0 Å². The molecule has 55 heavy (non-hydrogen) atoms. The van der Waals surface area contributed by atoms with Crippen molar-refractivity contribution in [2.24, 2.45) is 0 Å². The predicted molar refractivity (Wildman–Crippen MR) is 202 cm³/mol. The normalized spacial score (nSPS) is 26.0. The maximum absolute atomic E-state index is 14.3. The topological polar surface area (TPSA) is 188 Å². The summed E-state index contributed by atoms with van der Waals surface area (Å²) in [5.41, 5.74) is 2.08. The summed E-state index contributed by atoms with van der Waals surface area (Å²) in [6.45, 7) is 4.55. The molecule has 5 amide bonds. The summed E-state index contributed by atoms with van der Waals surface area (Å²) in [5, 5.41) is 22.8.